The molecule has 0 unspecified atom stereocenters. The molecule has 1 saturated carbocycles. The van der Waals surface area contributed by atoms with Crippen LogP contribution >= 0.6 is 11.8 Å². The Morgan fingerprint density at radius 2 is 2.21 bits per heavy atom. The summed E-state index contributed by atoms with van der Waals surface area (Å²) in [4.78, 5) is 24.6. The standard InChI is InChI=1S/C9H9NO3S/c11-5-3-6-10(5)7(9(12)13)8(14-6)4-1-2-4/h4,6H,1-3H2,(H,12,13)/t6-/m1/s1. The highest BCUT2D eigenvalue weighted by atomic mass is 32.2. The molecular formula is C9H9NO3S. The number of carboxylic acids is 1. The zero-order valence-electron chi connectivity index (χ0n) is 7.40. The van der Waals surface area contributed by atoms with E-state index in [9.17, 15) is 9.59 Å². The van der Waals surface area contributed by atoms with Crippen molar-refractivity contribution in [2.24, 2.45) is 5.92 Å². The van der Waals surface area contributed by atoms with Crippen molar-refractivity contribution in [2.45, 2.75) is 24.6 Å². The van der Waals surface area contributed by atoms with E-state index in [1.165, 1.54) is 4.90 Å². The molecular weight excluding hydrogens is 202 g/mol. The maximum Gasteiger partial charge on any atom is 0.353 e. The number of hydrogen-bond donors (Lipinski definition) is 1. The van der Waals surface area contributed by atoms with Gasteiger partial charge in [0.15, 0.2) is 0 Å². The molecule has 1 amide bonds. The van der Waals surface area contributed by atoms with Gasteiger partial charge in [-0.2, -0.15) is 0 Å². The molecule has 0 aromatic rings. The Labute approximate surface area is 85.0 Å². The highest BCUT2D eigenvalue weighted by Crippen LogP contribution is 2.54. The van der Waals surface area contributed by atoms with Gasteiger partial charge in [-0.25, -0.2) is 4.79 Å². The van der Waals surface area contributed by atoms with Crippen LogP contribution in [0, 0.1) is 5.92 Å². The number of aliphatic carboxylic acids is 1. The fraction of sp³-hybridized carbons (Fsp3) is 0.556. The van der Waals surface area contributed by atoms with E-state index >= 15 is 0 Å². The van der Waals surface area contributed by atoms with Crippen LogP contribution < -0.4 is 0 Å². The van der Waals surface area contributed by atoms with Crippen LogP contribution in [0.15, 0.2) is 10.6 Å². The average Bonchev–Trinajstić information content (AvgIpc) is 2.88. The lowest BCUT2D eigenvalue weighted by molar-refractivity contribution is -0.145. The summed E-state index contributed by atoms with van der Waals surface area (Å²) in [6, 6.07) is 0. The van der Waals surface area contributed by atoms with Crippen LogP contribution in [0.2, 0.25) is 0 Å². The fourth-order valence-electron chi connectivity index (χ4n) is 1.91. The number of thioether (sulfide) groups is 1. The molecule has 3 aliphatic rings. The van der Waals surface area contributed by atoms with Crippen LogP contribution in [0.1, 0.15) is 19.3 Å². The van der Waals surface area contributed by atoms with Gasteiger partial charge >= 0.3 is 5.97 Å². The van der Waals surface area contributed by atoms with Crippen molar-refractivity contribution in [3.05, 3.63) is 10.6 Å². The lowest BCUT2D eigenvalue weighted by atomic mass is 10.1. The first-order valence-electron chi connectivity index (χ1n) is 4.64. The molecule has 74 valence electrons. The highest BCUT2D eigenvalue weighted by molar-refractivity contribution is 8.04. The monoisotopic (exact) mass is 211 g/mol. The molecule has 0 aromatic carbocycles. The molecule has 0 bridgehead atoms. The van der Waals surface area contributed by atoms with Crippen LogP contribution in [0.25, 0.3) is 0 Å². The van der Waals surface area contributed by atoms with Crippen LogP contribution in [0.5, 0.6) is 0 Å². The molecule has 14 heavy (non-hydrogen) atoms. The first-order chi connectivity index (χ1) is 6.68. The van der Waals surface area contributed by atoms with E-state index in [1.54, 1.807) is 11.8 Å². The Balaban J connectivity index is 2.00. The van der Waals surface area contributed by atoms with Gasteiger partial charge in [-0.15, -0.1) is 11.8 Å². The molecule has 0 aromatic heterocycles. The van der Waals surface area contributed by atoms with E-state index in [2.05, 4.69) is 0 Å². The first kappa shape index (κ1) is 8.35. The lowest BCUT2D eigenvalue weighted by Gasteiger charge is -2.33. The second-order valence-electron chi connectivity index (χ2n) is 3.83. The summed E-state index contributed by atoms with van der Waals surface area (Å²) < 4.78 is 0. The maximum atomic E-state index is 11.2. The molecule has 5 heteroatoms. The molecule has 0 radical (unpaired) electrons. The third-order valence-corrected chi connectivity index (χ3v) is 4.22. The molecule has 2 heterocycles. The molecule has 2 aliphatic heterocycles. The zero-order chi connectivity index (χ0) is 9.87. The second-order valence-corrected chi connectivity index (χ2v) is 5.05. The van der Waals surface area contributed by atoms with Crippen molar-refractivity contribution < 1.29 is 14.7 Å². The molecule has 1 saturated heterocycles. The van der Waals surface area contributed by atoms with E-state index in [-0.39, 0.29) is 17.0 Å². The van der Waals surface area contributed by atoms with Gasteiger partial charge in [0.1, 0.15) is 5.70 Å². The Morgan fingerprint density at radius 1 is 1.50 bits per heavy atom. The summed E-state index contributed by atoms with van der Waals surface area (Å²) in [5.74, 6) is -0.574. The maximum absolute atomic E-state index is 11.2. The van der Waals surface area contributed by atoms with E-state index in [1.807, 2.05) is 0 Å². The summed E-state index contributed by atoms with van der Waals surface area (Å²) in [6.45, 7) is 0. The Morgan fingerprint density at radius 3 is 2.71 bits per heavy atom. The van der Waals surface area contributed by atoms with Crippen molar-refractivity contribution >= 4 is 23.6 Å². The number of β-lactam (4-membered cyclic amide) rings is 1. The molecule has 0 spiro atoms. The van der Waals surface area contributed by atoms with Gasteiger partial charge < -0.3 is 5.11 Å². The number of hydrogen-bond acceptors (Lipinski definition) is 3. The number of carboxylic acid groups (broad SMARTS) is 1. The Kier molecular flexibility index (Phi) is 1.51. The van der Waals surface area contributed by atoms with Gasteiger partial charge in [-0.05, 0) is 18.8 Å². The van der Waals surface area contributed by atoms with E-state index in [0.717, 1.165) is 17.7 Å². The Bertz CT molecular complexity index is 372. The SMILES string of the molecule is O=C(O)C1=C(C2CC2)S[C@@H]2CC(=O)N12. The number of fused-ring (bicyclic) bond motifs is 1. The summed E-state index contributed by atoms with van der Waals surface area (Å²) >= 11 is 1.58. The van der Waals surface area contributed by atoms with Crippen molar-refractivity contribution in [2.75, 3.05) is 0 Å². The van der Waals surface area contributed by atoms with E-state index in [0.29, 0.717) is 12.3 Å². The lowest BCUT2D eigenvalue weighted by Crippen LogP contribution is -2.48. The third-order valence-electron chi connectivity index (χ3n) is 2.79. The first-order valence-corrected chi connectivity index (χ1v) is 5.52. The second kappa shape index (κ2) is 2.53. The summed E-state index contributed by atoms with van der Waals surface area (Å²) in [5, 5.41) is 9.12. The number of amides is 1. The number of carbonyl (C=O) groups is 2. The topological polar surface area (TPSA) is 57.6 Å². The molecule has 1 N–H and O–H groups in total. The van der Waals surface area contributed by atoms with Gasteiger partial charge in [0.25, 0.3) is 0 Å². The van der Waals surface area contributed by atoms with Crippen molar-refractivity contribution in [3.8, 4) is 0 Å². The summed E-state index contributed by atoms with van der Waals surface area (Å²) in [7, 11) is 0. The normalized spacial score (nSPS) is 30.4. The smallest absolute Gasteiger partial charge is 0.353 e. The third kappa shape index (κ3) is 0.958. The van der Waals surface area contributed by atoms with Gasteiger partial charge in [-0.1, -0.05) is 0 Å². The quantitative estimate of drug-likeness (QED) is 0.692. The molecule has 1 aliphatic carbocycles. The summed E-state index contributed by atoms with van der Waals surface area (Å²) in [6.07, 6.45) is 2.65. The number of nitrogens with zero attached hydrogens (tertiary/aromatic N) is 1. The van der Waals surface area contributed by atoms with Gasteiger partial charge in [0.05, 0.1) is 11.8 Å². The van der Waals surface area contributed by atoms with Crippen LogP contribution in [-0.2, 0) is 9.59 Å². The molecule has 2 fully saturated rings. The van der Waals surface area contributed by atoms with Gasteiger partial charge in [0, 0.05) is 4.91 Å². The molecule has 3 rings (SSSR count). The minimum atomic E-state index is -0.949. The van der Waals surface area contributed by atoms with E-state index < -0.39 is 5.97 Å². The van der Waals surface area contributed by atoms with Crippen molar-refractivity contribution in [1.82, 2.24) is 4.90 Å². The van der Waals surface area contributed by atoms with Crippen LogP contribution in [0.4, 0.5) is 0 Å². The predicted molar refractivity (Wildman–Crippen MR) is 50.2 cm³/mol. The van der Waals surface area contributed by atoms with Gasteiger partial charge in [-0.3, -0.25) is 9.69 Å². The van der Waals surface area contributed by atoms with Crippen LogP contribution in [-0.4, -0.2) is 27.3 Å². The van der Waals surface area contributed by atoms with Crippen molar-refractivity contribution in [3.63, 3.8) is 0 Å². The summed E-state index contributed by atoms with van der Waals surface area (Å²) in [5.41, 5.74) is 0.263. The fourth-order valence-corrected chi connectivity index (χ4v) is 3.49. The highest BCUT2D eigenvalue weighted by Gasteiger charge is 2.51. The average molecular weight is 211 g/mol. The minimum Gasteiger partial charge on any atom is -0.477 e. The molecule has 1 atom stereocenters. The zero-order valence-corrected chi connectivity index (χ0v) is 8.21. The largest absolute Gasteiger partial charge is 0.477 e. The molecule has 4 nitrogen and oxygen atoms in total. The Hall–Kier alpha value is -0.970. The minimum absolute atomic E-state index is 0.0458. The van der Waals surface area contributed by atoms with Crippen molar-refractivity contribution in [1.29, 1.82) is 0 Å². The number of rotatable bonds is 2. The number of carbonyl (C=O) groups excluding carboxylic acids is 1. The van der Waals surface area contributed by atoms with Gasteiger partial charge in [0.2, 0.25) is 5.91 Å². The predicted octanol–water partition coefficient (Wildman–Crippen LogP) is 0.998. The number of allylic oxidation sites excluding steroid dienone is 1. The van der Waals surface area contributed by atoms with E-state index in [4.69, 9.17) is 5.11 Å². The van der Waals surface area contributed by atoms with Crippen LogP contribution in [0.3, 0.4) is 0 Å².